The lowest BCUT2D eigenvalue weighted by atomic mass is 10.1. The minimum absolute atomic E-state index is 0.0500. The zero-order chi connectivity index (χ0) is 23.2. The van der Waals surface area contributed by atoms with E-state index in [0.717, 1.165) is 24.3 Å². The summed E-state index contributed by atoms with van der Waals surface area (Å²) in [6.45, 7) is 4.20. The molecule has 0 saturated carbocycles. The van der Waals surface area contributed by atoms with Crippen LogP contribution in [0.4, 0.5) is 11.4 Å². The second-order valence-electron chi connectivity index (χ2n) is 7.83. The number of benzene rings is 3. The first-order valence-electron chi connectivity index (χ1n) is 11.2. The number of para-hydroxylation sites is 1. The van der Waals surface area contributed by atoms with E-state index in [1.807, 2.05) is 42.5 Å². The summed E-state index contributed by atoms with van der Waals surface area (Å²) in [6, 6.07) is 24.3. The molecule has 4 rings (SSSR count). The minimum Gasteiger partial charge on any atom is -0.321 e. The SMILES string of the molecule is CCc1ccc(N=C2SC[C@H](CC)N2C(=O)c2ccccc2NC(=O)c2ccccc2)cc1. The second kappa shape index (κ2) is 10.5. The molecular weight excluding hydrogens is 430 g/mol. The quantitative estimate of drug-likeness (QED) is 0.482. The van der Waals surface area contributed by atoms with E-state index < -0.39 is 0 Å². The summed E-state index contributed by atoms with van der Waals surface area (Å²) >= 11 is 1.60. The summed E-state index contributed by atoms with van der Waals surface area (Å²) in [5.74, 6) is 0.399. The van der Waals surface area contributed by atoms with Crippen molar-refractivity contribution in [2.24, 2.45) is 4.99 Å². The third-order valence-corrected chi connectivity index (χ3v) is 6.77. The average Bonchev–Trinajstić information content (AvgIpc) is 3.27. The van der Waals surface area contributed by atoms with Gasteiger partial charge in [0.05, 0.1) is 16.9 Å². The first kappa shape index (κ1) is 22.8. The Hall–Kier alpha value is -3.38. The first-order chi connectivity index (χ1) is 16.1. The Bertz CT molecular complexity index is 1160. The predicted molar refractivity (Wildman–Crippen MR) is 136 cm³/mol. The topological polar surface area (TPSA) is 61.8 Å². The molecule has 0 radical (unpaired) electrons. The van der Waals surface area contributed by atoms with E-state index in [0.29, 0.717) is 22.0 Å². The molecule has 1 N–H and O–H groups in total. The van der Waals surface area contributed by atoms with Gasteiger partial charge >= 0.3 is 0 Å². The van der Waals surface area contributed by atoms with Crippen molar-refractivity contribution in [3.05, 3.63) is 95.6 Å². The van der Waals surface area contributed by atoms with Crippen molar-refractivity contribution in [2.45, 2.75) is 32.7 Å². The number of thioether (sulfide) groups is 1. The highest BCUT2D eigenvalue weighted by molar-refractivity contribution is 8.14. The Morgan fingerprint density at radius 2 is 1.67 bits per heavy atom. The molecule has 2 amide bonds. The molecule has 0 aromatic heterocycles. The van der Waals surface area contributed by atoms with Crippen LogP contribution in [0.5, 0.6) is 0 Å². The number of nitrogens with zero attached hydrogens (tertiary/aromatic N) is 2. The highest BCUT2D eigenvalue weighted by Crippen LogP contribution is 2.32. The van der Waals surface area contributed by atoms with Crippen LogP contribution >= 0.6 is 11.8 Å². The molecule has 1 aliphatic heterocycles. The van der Waals surface area contributed by atoms with Gasteiger partial charge in [-0.3, -0.25) is 14.5 Å². The molecule has 168 valence electrons. The highest BCUT2D eigenvalue weighted by Gasteiger charge is 2.35. The van der Waals surface area contributed by atoms with Crippen molar-refractivity contribution >= 4 is 40.1 Å². The lowest BCUT2D eigenvalue weighted by Gasteiger charge is -2.24. The fraction of sp³-hybridized carbons (Fsp3) is 0.222. The smallest absolute Gasteiger partial charge is 0.262 e. The van der Waals surface area contributed by atoms with E-state index >= 15 is 0 Å². The maximum absolute atomic E-state index is 13.7. The van der Waals surface area contributed by atoms with Gasteiger partial charge in [0.15, 0.2) is 5.17 Å². The highest BCUT2D eigenvalue weighted by atomic mass is 32.2. The summed E-state index contributed by atoms with van der Waals surface area (Å²) in [5, 5.41) is 3.60. The fourth-order valence-corrected chi connectivity index (χ4v) is 4.99. The van der Waals surface area contributed by atoms with Crippen LogP contribution in [-0.4, -0.2) is 33.7 Å². The Morgan fingerprint density at radius 1 is 0.970 bits per heavy atom. The van der Waals surface area contributed by atoms with Crippen molar-refractivity contribution in [3.8, 4) is 0 Å². The zero-order valence-corrected chi connectivity index (χ0v) is 19.6. The van der Waals surface area contributed by atoms with Gasteiger partial charge in [0.25, 0.3) is 11.8 Å². The van der Waals surface area contributed by atoms with E-state index in [2.05, 4.69) is 31.3 Å². The molecule has 1 fully saturated rings. The standard InChI is InChI=1S/C27H27N3O2S/c1-3-19-14-16-21(17-15-19)28-27-30(22(4-2)18-33-27)26(32)23-12-8-9-13-24(23)29-25(31)20-10-6-5-7-11-20/h5-17,22H,3-4,18H2,1-2H3,(H,29,31)/t22-/m0/s1. The monoisotopic (exact) mass is 457 g/mol. The molecule has 3 aromatic rings. The number of hydrogen-bond donors (Lipinski definition) is 1. The maximum atomic E-state index is 13.7. The number of aryl methyl sites for hydroxylation is 1. The zero-order valence-electron chi connectivity index (χ0n) is 18.8. The summed E-state index contributed by atoms with van der Waals surface area (Å²) in [7, 11) is 0. The van der Waals surface area contributed by atoms with Crippen LogP contribution in [0, 0.1) is 0 Å². The molecule has 6 heteroatoms. The predicted octanol–water partition coefficient (Wildman–Crippen LogP) is 6.16. The van der Waals surface area contributed by atoms with E-state index in [1.165, 1.54) is 5.56 Å². The third-order valence-electron chi connectivity index (χ3n) is 5.68. The van der Waals surface area contributed by atoms with Gasteiger partial charge in [-0.25, -0.2) is 4.99 Å². The van der Waals surface area contributed by atoms with E-state index in [9.17, 15) is 9.59 Å². The summed E-state index contributed by atoms with van der Waals surface area (Å²) in [4.78, 5) is 33.0. The van der Waals surface area contributed by atoms with E-state index in [4.69, 9.17) is 4.99 Å². The van der Waals surface area contributed by atoms with Gasteiger partial charge in [-0.2, -0.15) is 0 Å². The number of carbonyl (C=O) groups excluding carboxylic acids is 2. The van der Waals surface area contributed by atoms with Gasteiger partial charge in [-0.1, -0.05) is 68.1 Å². The molecule has 0 bridgehead atoms. The number of amidine groups is 1. The Morgan fingerprint density at radius 3 is 2.36 bits per heavy atom. The van der Waals surface area contributed by atoms with Gasteiger partial charge in [-0.15, -0.1) is 0 Å². The normalized spacial score (nSPS) is 16.7. The van der Waals surface area contributed by atoms with Gasteiger partial charge in [0.2, 0.25) is 0 Å². The van der Waals surface area contributed by atoms with Crippen LogP contribution in [0.2, 0.25) is 0 Å². The number of anilines is 1. The van der Waals surface area contributed by atoms with Crippen molar-refractivity contribution in [3.63, 3.8) is 0 Å². The number of carbonyl (C=O) groups is 2. The number of amides is 2. The van der Waals surface area contributed by atoms with Gasteiger partial charge in [0, 0.05) is 17.4 Å². The van der Waals surface area contributed by atoms with Crippen molar-refractivity contribution < 1.29 is 9.59 Å². The molecule has 0 aliphatic carbocycles. The number of aliphatic imine (C=N–C) groups is 1. The van der Waals surface area contributed by atoms with Crippen molar-refractivity contribution in [2.75, 3.05) is 11.1 Å². The van der Waals surface area contributed by atoms with Crippen molar-refractivity contribution in [1.82, 2.24) is 4.90 Å². The molecular formula is C27H27N3O2S. The fourth-order valence-electron chi connectivity index (χ4n) is 3.72. The van der Waals surface area contributed by atoms with Crippen LogP contribution in [0.15, 0.2) is 83.9 Å². The number of hydrogen-bond acceptors (Lipinski definition) is 4. The molecule has 1 atom stereocenters. The van der Waals surface area contributed by atoms with Crippen LogP contribution in [0.25, 0.3) is 0 Å². The third kappa shape index (κ3) is 5.17. The Kier molecular flexibility index (Phi) is 7.25. The molecule has 1 saturated heterocycles. The number of nitrogens with one attached hydrogen (secondary N) is 1. The average molecular weight is 458 g/mol. The van der Waals surface area contributed by atoms with Crippen LogP contribution in [0.3, 0.4) is 0 Å². The lowest BCUT2D eigenvalue weighted by molar-refractivity contribution is 0.0820. The van der Waals surface area contributed by atoms with Crippen LogP contribution in [-0.2, 0) is 6.42 Å². The Labute approximate surface area is 198 Å². The summed E-state index contributed by atoms with van der Waals surface area (Å²) in [6.07, 6.45) is 1.80. The van der Waals surface area contributed by atoms with Gasteiger partial charge in [-0.05, 0) is 54.8 Å². The minimum atomic E-state index is -0.247. The van der Waals surface area contributed by atoms with Gasteiger partial charge in [0.1, 0.15) is 0 Å². The summed E-state index contributed by atoms with van der Waals surface area (Å²) < 4.78 is 0. The molecule has 1 aliphatic rings. The molecule has 5 nitrogen and oxygen atoms in total. The number of rotatable bonds is 6. The molecule has 33 heavy (non-hydrogen) atoms. The van der Waals surface area contributed by atoms with E-state index in [1.54, 1.807) is 40.9 Å². The molecule has 0 spiro atoms. The van der Waals surface area contributed by atoms with Crippen LogP contribution < -0.4 is 5.32 Å². The first-order valence-corrected chi connectivity index (χ1v) is 12.2. The van der Waals surface area contributed by atoms with Crippen LogP contribution in [0.1, 0.15) is 46.5 Å². The van der Waals surface area contributed by atoms with E-state index in [-0.39, 0.29) is 17.9 Å². The van der Waals surface area contributed by atoms with Crippen molar-refractivity contribution in [1.29, 1.82) is 0 Å². The van der Waals surface area contributed by atoms with Gasteiger partial charge < -0.3 is 5.32 Å². The lowest BCUT2D eigenvalue weighted by Crippen LogP contribution is -2.39. The molecule has 3 aromatic carbocycles. The Balaban J connectivity index is 1.63. The largest absolute Gasteiger partial charge is 0.321 e. The second-order valence-corrected chi connectivity index (χ2v) is 8.82. The maximum Gasteiger partial charge on any atom is 0.262 e. The molecule has 0 unspecified atom stereocenters. The molecule has 1 heterocycles. The summed E-state index contributed by atoms with van der Waals surface area (Å²) in [5.41, 5.74) is 3.57.